The minimum absolute atomic E-state index is 0.287. The predicted molar refractivity (Wildman–Crippen MR) is 78.0 cm³/mol. The number of nitrogens with two attached hydrogens (primary N) is 1. The molecule has 0 aliphatic carbocycles. The summed E-state index contributed by atoms with van der Waals surface area (Å²) in [4.78, 5) is 0. The van der Waals surface area contributed by atoms with Crippen molar-refractivity contribution in [3.05, 3.63) is 34.9 Å². The van der Waals surface area contributed by atoms with Crippen molar-refractivity contribution >= 4 is 23.2 Å². The van der Waals surface area contributed by atoms with Crippen LogP contribution in [0.2, 0.25) is 5.02 Å². The summed E-state index contributed by atoms with van der Waals surface area (Å²) in [5, 5.41) is 20.6. The van der Waals surface area contributed by atoms with Gasteiger partial charge in [0.25, 0.3) is 0 Å². The fourth-order valence-corrected chi connectivity index (χ4v) is 2.13. The lowest BCUT2D eigenvalue weighted by Gasteiger charge is -2.27. The number of rotatable bonds is 3. The molecule has 1 aliphatic heterocycles. The zero-order valence-corrected chi connectivity index (χ0v) is 11.4. The topological polar surface area (TPSA) is 91.7 Å². The highest BCUT2D eigenvalue weighted by Gasteiger charge is 2.22. The summed E-state index contributed by atoms with van der Waals surface area (Å²) in [5.41, 5.74) is 7.14. The molecule has 6 nitrogen and oxygen atoms in total. The predicted octanol–water partition coefficient (Wildman–Crippen LogP) is 1.36. The smallest absolute Gasteiger partial charge is 0.169 e. The molecule has 0 atom stereocenters. The van der Waals surface area contributed by atoms with Crippen LogP contribution in [0.3, 0.4) is 0 Å². The van der Waals surface area contributed by atoms with Gasteiger partial charge in [0, 0.05) is 18.1 Å². The molecule has 2 heterocycles. The molecule has 0 spiro atoms. The third kappa shape index (κ3) is 2.18. The van der Waals surface area contributed by atoms with E-state index in [1.165, 1.54) is 0 Å². The fraction of sp³-hybridized carbons (Fsp3) is 0.231. The highest BCUT2D eigenvalue weighted by atomic mass is 35.5. The standard InChI is InChI=1S/C13H13ClN6/c14-8-1-3-10(4-2-8)20-12(16)11(5-15)13(19-20)18-9-6-17-7-9/h1-4,9,17H,6-7,16H2,(H,18,19). The van der Waals surface area contributed by atoms with Crippen LogP contribution in [0, 0.1) is 11.3 Å². The van der Waals surface area contributed by atoms with E-state index in [1.807, 2.05) is 12.1 Å². The van der Waals surface area contributed by atoms with Crippen LogP contribution in [0.5, 0.6) is 0 Å². The summed E-state index contributed by atoms with van der Waals surface area (Å²) in [5.74, 6) is 0.844. The largest absolute Gasteiger partial charge is 0.382 e. The number of hydrogen-bond donors (Lipinski definition) is 3. The van der Waals surface area contributed by atoms with E-state index in [4.69, 9.17) is 17.3 Å². The Balaban J connectivity index is 1.99. The molecule has 0 unspecified atom stereocenters. The van der Waals surface area contributed by atoms with Crippen molar-refractivity contribution in [2.45, 2.75) is 6.04 Å². The van der Waals surface area contributed by atoms with Gasteiger partial charge >= 0.3 is 0 Å². The molecule has 4 N–H and O–H groups in total. The third-order valence-corrected chi connectivity index (χ3v) is 3.48. The number of benzene rings is 1. The van der Waals surface area contributed by atoms with Gasteiger partial charge in [0.1, 0.15) is 17.5 Å². The summed E-state index contributed by atoms with van der Waals surface area (Å²) < 4.78 is 1.54. The van der Waals surface area contributed by atoms with Gasteiger partial charge in [-0.2, -0.15) is 5.26 Å². The summed E-state index contributed by atoms with van der Waals surface area (Å²) in [6, 6.07) is 9.52. The molecule has 1 aromatic carbocycles. The van der Waals surface area contributed by atoms with Crippen LogP contribution in [0.1, 0.15) is 5.56 Å². The van der Waals surface area contributed by atoms with E-state index in [9.17, 15) is 5.26 Å². The third-order valence-electron chi connectivity index (χ3n) is 3.23. The number of nitrogen functional groups attached to an aromatic ring is 1. The molecule has 3 rings (SSSR count). The zero-order valence-electron chi connectivity index (χ0n) is 10.6. The van der Waals surface area contributed by atoms with Crippen LogP contribution in [-0.4, -0.2) is 28.9 Å². The summed E-state index contributed by atoms with van der Waals surface area (Å²) in [7, 11) is 0. The highest BCUT2D eigenvalue weighted by Crippen LogP contribution is 2.25. The number of nitriles is 1. The van der Waals surface area contributed by atoms with Gasteiger partial charge < -0.3 is 16.4 Å². The summed E-state index contributed by atoms with van der Waals surface area (Å²) in [6.07, 6.45) is 0. The molecule has 20 heavy (non-hydrogen) atoms. The van der Waals surface area contributed by atoms with Gasteiger partial charge in [-0.1, -0.05) is 11.6 Å². The molecule has 2 aromatic rings. The van der Waals surface area contributed by atoms with Gasteiger partial charge in [-0.3, -0.25) is 0 Å². The number of nitrogens with zero attached hydrogens (tertiary/aromatic N) is 3. The van der Waals surface area contributed by atoms with Crippen LogP contribution in [0.25, 0.3) is 5.69 Å². The molecule has 1 saturated heterocycles. The Kier molecular flexibility index (Phi) is 3.22. The van der Waals surface area contributed by atoms with Gasteiger partial charge in [-0.15, -0.1) is 5.10 Å². The van der Waals surface area contributed by atoms with E-state index in [2.05, 4.69) is 21.8 Å². The van der Waals surface area contributed by atoms with Crippen molar-refractivity contribution < 1.29 is 0 Å². The van der Waals surface area contributed by atoms with E-state index >= 15 is 0 Å². The number of nitrogens with one attached hydrogen (secondary N) is 2. The molecule has 7 heteroatoms. The van der Waals surface area contributed by atoms with Crippen molar-refractivity contribution in [1.29, 1.82) is 5.26 Å². The van der Waals surface area contributed by atoms with E-state index in [-0.39, 0.29) is 6.04 Å². The van der Waals surface area contributed by atoms with Crippen molar-refractivity contribution in [1.82, 2.24) is 15.1 Å². The maximum Gasteiger partial charge on any atom is 0.169 e. The van der Waals surface area contributed by atoms with Crippen molar-refractivity contribution in [2.75, 3.05) is 24.1 Å². The SMILES string of the molecule is N#Cc1c(NC2CNC2)nn(-c2ccc(Cl)cc2)c1N. The fourth-order valence-electron chi connectivity index (χ4n) is 2.01. The number of hydrogen-bond acceptors (Lipinski definition) is 5. The Bertz CT molecular complexity index is 665. The summed E-state index contributed by atoms with van der Waals surface area (Å²) in [6.45, 7) is 1.72. The molecular weight excluding hydrogens is 276 g/mol. The Morgan fingerprint density at radius 2 is 2.10 bits per heavy atom. The van der Waals surface area contributed by atoms with Crippen LogP contribution in [0.4, 0.5) is 11.6 Å². The monoisotopic (exact) mass is 288 g/mol. The first-order valence-electron chi connectivity index (χ1n) is 6.21. The average Bonchev–Trinajstić information content (AvgIpc) is 2.71. The van der Waals surface area contributed by atoms with Crippen LogP contribution >= 0.6 is 11.6 Å². The van der Waals surface area contributed by atoms with Gasteiger partial charge in [-0.05, 0) is 24.3 Å². The lowest BCUT2D eigenvalue weighted by atomic mass is 10.2. The molecule has 1 fully saturated rings. The molecule has 0 amide bonds. The Morgan fingerprint density at radius 1 is 1.40 bits per heavy atom. The average molecular weight is 289 g/mol. The molecular formula is C13H13ClN6. The van der Waals surface area contributed by atoms with E-state index in [1.54, 1.807) is 16.8 Å². The molecule has 0 radical (unpaired) electrons. The maximum atomic E-state index is 9.25. The molecule has 1 aromatic heterocycles. The second-order valence-electron chi connectivity index (χ2n) is 4.61. The van der Waals surface area contributed by atoms with Gasteiger partial charge in [0.2, 0.25) is 0 Å². The van der Waals surface area contributed by atoms with Gasteiger partial charge in [0.15, 0.2) is 5.82 Å². The van der Waals surface area contributed by atoms with Crippen LogP contribution in [-0.2, 0) is 0 Å². The van der Waals surface area contributed by atoms with E-state index in [0.717, 1.165) is 18.8 Å². The molecule has 0 bridgehead atoms. The lowest BCUT2D eigenvalue weighted by Crippen LogP contribution is -2.51. The Morgan fingerprint density at radius 3 is 2.65 bits per heavy atom. The molecule has 102 valence electrons. The van der Waals surface area contributed by atoms with Crippen molar-refractivity contribution in [2.24, 2.45) is 0 Å². The van der Waals surface area contributed by atoms with Crippen molar-refractivity contribution in [3.63, 3.8) is 0 Å². The normalized spacial score (nSPS) is 14.6. The number of aromatic nitrogens is 2. The van der Waals surface area contributed by atoms with Gasteiger partial charge in [0.05, 0.1) is 11.7 Å². The number of halogens is 1. The van der Waals surface area contributed by atoms with E-state index in [0.29, 0.717) is 22.2 Å². The van der Waals surface area contributed by atoms with Crippen LogP contribution < -0.4 is 16.4 Å². The quantitative estimate of drug-likeness (QED) is 0.793. The van der Waals surface area contributed by atoms with Crippen LogP contribution in [0.15, 0.2) is 24.3 Å². The minimum Gasteiger partial charge on any atom is -0.382 e. The highest BCUT2D eigenvalue weighted by molar-refractivity contribution is 6.30. The van der Waals surface area contributed by atoms with E-state index < -0.39 is 0 Å². The maximum absolute atomic E-state index is 9.25. The lowest BCUT2D eigenvalue weighted by molar-refractivity contribution is 0.470. The summed E-state index contributed by atoms with van der Waals surface area (Å²) >= 11 is 5.87. The second-order valence-corrected chi connectivity index (χ2v) is 5.04. The first kappa shape index (κ1) is 12.8. The number of anilines is 2. The molecule has 1 aliphatic rings. The second kappa shape index (κ2) is 5.04. The first-order chi connectivity index (χ1) is 9.69. The Labute approximate surface area is 121 Å². The molecule has 0 saturated carbocycles. The Hall–Kier alpha value is -2.23. The zero-order chi connectivity index (χ0) is 14.1. The minimum atomic E-state index is 0.287. The first-order valence-corrected chi connectivity index (χ1v) is 6.58. The van der Waals surface area contributed by atoms with Crippen molar-refractivity contribution in [3.8, 4) is 11.8 Å². The van der Waals surface area contributed by atoms with Gasteiger partial charge in [-0.25, -0.2) is 4.68 Å².